The van der Waals surface area contributed by atoms with Gasteiger partial charge in [-0.05, 0) is 23.6 Å². The van der Waals surface area contributed by atoms with Gasteiger partial charge in [-0.1, -0.05) is 26.3 Å². The molecule has 19 heavy (non-hydrogen) atoms. The SMILES string of the molecule is CCC(C)CN(C)S(=O)(=O)c1cc(CN)ccc1F. The van der Waals surface area contributed by atoms with E-state index in [1.54, 1.807) is 0 Å². The molecule has 1 atom stereocenters. The van der Waals surface area contributed by atoms with E-state index in [0.717, 1.165) is 12.5 Å². The minimum atomic E-state index is -3.80. The number of nitrogens with zero attached hydrogens (tertiary/aromatic N) is 1. The molecule has 1 rings (SSSR count). The molecule has 0 aliphatic heterocycles. The van der Waals surface area contributed by atoms with Crippen molar-refractivity contribution in [2.75, 3.05) is 13.6 Å². The maximum Gasteiger partial charge on any atom is 0.245 e. The maximum absolute atomic E-state index is 13.7. The number of halogens is 1. The van der Waals surface area contributed by atoms with Crippen LogP contribution in [0.4, 0.5) is 4.39 Å². The van der Waals surface area contributed by atoms with E-state index in [4.69, 9.17) is 5.73 Å². The van der Waals surface area contributed by atoms with E-state index in [1.807, 2.05) is 13.8 Å². The molecule has 0 spiro atoms. The fourth-order valence-electron chi connectivity index (χ4n) is 1.71. The summed E-state index contributed by atoms with van der Waals surface area (Å²) in [7, 11) is -2.34. The van der Waals surface area contributed by atoms with Crippen molar-refractivity contribution < 1.29 is 12.8 Å². The van der Waals surface area contributed by atoms with Crippen LogP contribution in [0.2, 0.25) is 0 Å². The van der Waals surface area contributed by atoms with Crippen molar-refractivity contribution in [2.24, 2.45) is 11.7 Å². The highest BCUT2D eigenvalue weighted by atomic mass is 32.2. The molecule has 0 radical (unpaired) electrons. The molecule has 0 saturated carbocycles. The standard InChI is InChI=1S/C13H21FN2O2S/c1-4-10(2)9-16(3)19(17,18)13-7-11(8-15)5-6-12(13)14/h5-7,10H,4,8-9,15H2,1-3H3. The summed E-state index contributed by atoms with van der Waals surface area (Å²) in [5.41, 5.74) is 6.05. The molecule has 1 aromatic rings. The molecule has 0 fully saturated rings. The lowest BCUT2D eigenvalue weighted by atomic mass is 10.1. The Morgan fingerprint density at radius 1 is 1.42 bits per heavy atom. The molecule has 0 heterocycles. The predicted molar refractivity (Wildman–Crippen MR) is 73.6 cm³/mol. The van der Waals surface area contributed by atoms with Crippen LogP contribution in [0.5, 0.6) is 0 Å². The van der Waals surface area contributed by atoms with Crippen LogP contribution in [0, 0.1) is 11.7 Å². The van der Waals surface area contributed by atoms with E-state index in [9.17, 15) is 12.8 Å². The molecule has 1 aromatic carbocycles. The molecular weight excluding hydrogens is 267 g/mol. The molecule has 0 aromatic heterocycles. The van der Waals surface area contributed by atoms with Crippen molar-refractivity contribution in [3.63, 3.8) is 0 Å². The summed E-state index contributed by atoms with van der Waals surface area (Å²) in [6, 6.07) is 3.94. The van der Waals surface area contributed by atoms with Crippen LogP contribution in [0.25, 0.3) is 0 Å². The molecule has 2 N–H and O–H groups in total. The summed E-state index contributed by atoms with van der Waals surface area (Å²) in [4.78, 5) is -0.304. The molecule has 1 unspecified atom stereocenters. The summed E-state index contributed by atoms with van der Waals surface area (Å²) >= 11 is 0. The highest BCUT2D eigenvalue weighted by Crippen LogP contribution is 2.21. The quantitative estimate of drug-likeness (QED) is 0.870. The van der Waals surface area contributed by atoms with E-state index in [2.05, 4.69) is 0 Å². The van der Waals surface area contributed by atoms with Crippen LogP contribution in [-0.2, 0) is 16.6 Å². The third-order valence-electron chi connectivity index (χ3n) is 3.19. The molecule has 0 amide bonds. The van der Waals surface area contributed by atoms with Gasteiger partial charge in [-0.25, -0.2) is 17.1 Å². The molecule has 6 heteroatoms. The zero-order valence-corrected chi connectivity index (χ0v) is 12.4. The largest absolute Gasteiger partial charge is 0.326 e. The predicted octanol–water partition coefficient (Wildman–Crippen LogP) is 1.95. The van der Waals surface area contributed by atoms with E-state index in [-0.39, 0.29) is 17.4 Å². The summed E-state index contributed by atoms with van der Waals surface area (Å²) in [6.45, 7) is 4.49. The lowest BCUT2D eigenvalue weighted by Crippen LogP contribution is -2.31. The summed E-state index contributed by atoms with van der Waals surface area (Å²) in [5, 5.41) is 0. The van der Waals surface area contributed by atoms with Crippen LogP contribution >= 0.6 is 0 Å². The van der Waals surface area contributed by atoms with Gasteiger partial charge < -0.3 is 5.73 Å². The van der Waals surface area contributed by atoms with Crippen molar-refractivity contribution in [3.8, 4) is 0 Å². The number of rotatable bonds is 6. The fraction of sp³-hybridized carbons (Fsp3) is 0.538. The van der Waals surface area contributed by atoms with Crippen LogP contribution in [-0.4, -0.2) is 26.3 Å². The summed E-state index contributed by atoms with van der Waals surface area (Å²) in [6.07, 6.45) is 0.866. The number of sulfonamides is 1. The van der Waals surface area contributed by atoms with Crippen molar-refractivity contribution in [1.29, 1.82) is 0 Å². The van der Waals surface area contributed by atoms with Gasteiger partial charge in [0.1, 0.15) is 10.7 Å². The Bertz CT molecular complexity index is 531. The third-order valence-corrected chi connectivity index (χ3v) is 5.02. The van der Waals surface area contributed by atoms with Gasteiger partial charge in [0, 0.05) is 20.1 Å². The second-order valence-corrected chi connectivity index (χ2v) is 6.78. The Hall–Kier alpha value is -0.980. The first-order valence-electron chi connectivity index (χ1n) is 6.27. The van der Waals surface area contributed by atoms with Crippen molar-refractivity contribution in [3.05, 3.63) is 29.6 Å². The molecule has 4 nitrogen and oxygen atoms in total. The van der Waals surface area contributed by atoms with Crippen molar-refractivity contribution in [1.82, 2.24) is 4.31 Å². The van der Waals surface area contributed by atoms with Crippen LogP contribution in [0.3, 0.4) is 0 Å². The fourth-order valence-corrected chi connectivity index (χ4v) is 3.11. The number of nitrogens with two attached hydrogens (primary N) is 1. The Kier molecular flexibility index (Phi) is 5.46. The monoisotopic (exact) mass is 288 g/mol. The summed E-state index contributed by atoms with van der Waals surface area (Å²) in [5.74, 6) is -0.520. The minimum Gasteiger partial charge on any atom is -0.326 e. The zero-order valence-electron chi connectivity index (χ0n) is 11.6. The van der Waals surface area contributed by atoms with Gasteiger partial charge in [0.2, 0.25) is 10.0 Å². The van der Waals surface area contributed by atoms with Gasteiger partial charge in [0.05, 0.1) is 0 Å². The first kappa shape index (κ1) is 16.1. The van der Waals surface area contributed by atoms with E-state index in [0.29, 0.717) is 12.1 Å². The van der Waals surface area contributed by atoms with Gasteiger partial charge in [0.15, 0.2) is 0 Å². The van der Waals surface area contributed by atoms with Crippen LogP contribution in [0.15, 0.2) is 23.1 Å². The van der Waals surface area contributed by atoms with Gasteiger partial charge in [-0.3, -0.25) is 0 Å². The zero-order chi connectivity index (χ0) is 14.6. The van der Waals surface area contributed by atoms with Crippen LogP contribution in [0.1, 0.15) is 25.8 Å². The molecule has 0 aliphatic rings. The van der Waals surface area contributed by atoms with E-state index in [1.165, 1.54) is 23.5 Å². The minimum absolute atomic E-state index is 0.178. The van der Waals surface area contributed by atoms with Gasteiger partial charge in [0.25, 0.3) is 0 Å². The van der Waals surface area contributed by atoms with Crippen LogP contribution < -0.4 is 5.73 Å². The highest BCUT2D eigenvalue weighted by molar-refractivity contribution is 7.89. The average Bonchev–Trinajstić information content (AvgIpc) is 2.38. The number of hydrogen-bond acceptors (Lipinski definition) is 3. The van der Waals surface area contributed by atoms with E-state index < -0.39 is 15.8 Å². The topological polar surface area (TPSA) is 63.4 Å². The summed E-state index contributed by atoms with van der Waals surface area (Å²) < 4.78 is 39.6. The normalized spacial score (nSPS) is 13.8. The number of benzene rings is 1. The number of hydrogen-bond donors (Lipinski definition) is 1. The molecule has 0 aliphatic carbocycles. The second kappa shape index (κ2) is 6.45. The highest BCUT2D eigenvalue weighted by Gasteiger charge is 2.25. The van der Waals surface area contributed by atoms with Crippen molar-refractivity contribution >= 4 is 10.0 Å². The Balaban J connectivity index is 3.12. The average molecular weight is 288 g/mol. The third kappa shape index (κ3) is 3.75. The lowest BCUT2D eigenvalue weighted by Gasteiger charge is -2.21. The van der Waals surface area contributed by atoms with Gasteiger partial charge in [-0.2, -0.15) is 0 Å². The molecule has 108 valence electrons. The first-order valence-corrected chi connectivity index (χ1v) is 7.71. The first-order chi connectivity index (χ1) is 8.82. The Morgan fingerprint density at radius 3 is 2.58 bits per heavy atom. The van der Waals surface area contributed by atoms with Crippen molar-refractivity contribution in [2.45, 2.75) is 31.7 Å². The maximum atomic E-state index is 13.7. The Labute approximate surface area is 114 Å². The lowest BCUT2D eigenvalue weighted by molar-refractivity contribution is 0.391. The second-order valence-electron chi connectivity index (χ2n) is 4.77. The smallest absolute Gasteiger partial charge is 0.245 e. The Morgan fingerprint density at radius 2 is 2.05 bits per heavy atom. The molecular formula is C13H21FN2O2S. The molecule has 0 bridgehead atoms. The van der Waals surface area contributed by atoms with Gasteiger partial charge >= 0.3 is 0 Å². The van der Waals surface area contributed by atoms with Gasteiger partial charge in [-0.15, -0.1) is 0 Å². The molecule has 0 saturated heterocycles. The van der Waals surface area contributed by atoms with E-state index >= 15 is 0 Å².